The molecule has 1 aliphatic heterocycles. The minimum Gasteiger partial charge on any atom is -0.357 e. The first-order valence-corrected chi connectivity index (χ1v) is 8.56. The molecule has 0 bridgehead atoms. The number of fused-ring (bicyclic) bond motifs is 1. The standard InChI is InChI=1S/C18H22N6O/c1-12-11-16(24-17(20-12)13(2)14(3)21-24)22-7-9-23(10-8-22)18(25)15-5-4-6-19-15/h4-6,11,19H,7-10H2,1-3H3. The predicted octanol–water partition coefficient (Wildman–Crippen LogP) is 1.95. The summed E-state index contributed by atoms with van der Waals surface area (Å²) in [5.74, 6) is 1.11. The summed E-state index contributed by atoms with van der Waals surface area (Å²) in [6.45, 7) is 9.03. The van der Waals surface area contributed by atoms with E-state index >= 15 is 0 Å². The highest BCUT2D eigenvalue weighted by Crippen LogP contribution is 2.22. The van der Waals surface area contributed by atoms with Gasteiger partial charge in [-0.05, 0) is 32.9 Å². The topological polar surface area (TPSA) is 69.5 Å². The average molecular weight is 338 g/mol. The molecule has 130 valence electrons. The van der Waals surface area contributed by atoms with Crippen LogP contribution in [0.25, 0.3) is 5.65 Å². The van der Waals surface area contributed by atoms with E-state index in [9.17, 15) is 4.79 Å². The maximum absolute atomic E-state index is 12.5. The molecule has 0 unspecified atom stereocenters. The zero-order chi connectivity index (χ0) is 17.6. The molecule has 3 aromatic heterocycles. The van der Waals surface area contributed by atoms with Crippen molar-refractivity contribution < 1.29 is 4.79 Å². The van der Waals surface area contributed by atoms with Crippen molar-refractivity contribution in [3.8, 4) is 0 Å². The Kier molecular flexibility index (Phi) is 3.71. The van der Waals surface area contributed by atoms with Gasteiger partial charge >= 0.3 is 0 Å². The van der Waals surface area contributed by atoms with Gasteiger partial charge in [0.25, 0.3) is 5.91 Å². The van der Waals surface area contributed by atoms with Gasteiger partial charge in [0.05, 0.1) is 5.69 Å². The summed E-state index contributed by atoms with van der Waals surface area (Å²) in [5.41, 5.74) is 4.66. The Labute approximate surface area is 146 Å². The van der Waals surface area contributed by atoms with Crippen LogP contribution in [-0.4, -0.2) is 56.6 Å². The first-order chi connectivity index (χ1) is 12.0. The number of nitrogens with one attached hydrogen (secondary N) is 1. The number of hydrogen-bond acceptors (Lipinski definition) is 4. The number of piperazine rings is 1. The number of aromatic amines is 1. The van der Waals surface area contributed by atoms with E-state index in [0.717, 1.165) is 41.5 Å². The van der Waals surface area contributed by atoms with Crippen LogP contribution in [0.3, 0.4) is 0 Å². The molecular formula is C18H22N6O. The zero-order valence-corrected chi connectivity index (χ0v) is 14.8. The van der Waals surface area contributed by atoms with Gasteiger partial charge in [-0.2, -0.15) is 9.61 Å². The van der Waals surface area contributed by atoms with E-state index in [1.54, 1.807) is 6.20 Å². The van der Waals surface area contributed by atoms with Gasteiger partial charge in [0.2, 0.25) is 0 Å². The monoisotopic (exact) mass is 338 g/mol. The molecule has 0 aromatic carbocycles. The van der Waals surface area contributed by atoms with E-state index in [1.807, 2.05) is 35.4 Å². The third-order valence-electron chi connectivity index (χ3n) is 4.89. The molecule has 1 saturated heterocycles. The number of aromatic nitrogens is 4. The van der Waals surface area contributed by atoms with Crippen molar-refractivity contribution in [1.82, 2.24) is 24.5 Å². The normalized spacial score (nSPS) is 15.2. The summed E-state index contributed by atoms with van der Waals surface area (Å²) in [7, 11) is 0. The molecule has 4 heterocycles. The van der Waals surface area contributed by atoms with Gasteiger partial charge < -0.3 is 14.8 Å². The molecule has 3 aromatic rings. The Balaban J connectivity index is 1.58. The number of H-pyrrole nitrogens is 1. The Morgan fingerprint density at radius 3 is 2.60 bits per heavy atom. The lowest BCUT2D eigenvalue weighted by Crippen LogP contribution is -2.49. The molecule has 0 radical (unpaired) electrons. The molecule has 0 aliphatic carbocycles. The highest BCUT2D eigenvalue weighted by molar-refractivity contribution is 5.92. The molecular weight excluding hydrogens is 316 g/mol. The van der Waals surface area contributed by atoms with Crippen LogP contribution in [0.1, 0.15) is 27.4 Å². The Morgan fingerprint density at radius 1 is 1.16 bits per heavy atom. The summed E-state index contributed by atoms with van der Waals surface area (Å²) in [6.07, 6.45) is 1.78. The quantitative estimate of drug-likeness (QED) is 0.775. The van der Waals surface area contributed by atoms with Crippen molar-refractivity contribution in [2.75, 3.05) is 31.1 Å². The Morgan fingerprint density at radius 2 is 1.92 bits per heavy atom. The fourth-order valence-electron chi connectivity index (χ4n) is 3.33. The molecule has 1 aliphatic rings. The van der Waals surface area contributed by atoms with E-state index in [0.29, 0.717) is 18.8 Å². The molecule has 4 rings (SSSR count). The van der Waals surface area contributed by atoms with E-state index < -0.39 is 0 Å². The minimum absolute atomic E-state index is 0.0616. The fourth-order valence-corrected chi connectivity index (χ4v) is 3.33. The van der Waals surface area contributed by atoms with Crippen LogP contribution in [0.5, 0.6) is 0 Å². The average Bonchev–Trinajstić information content (AvgIpc) is 3.24. The smallest absolute Gasteiger partial charge is 0.270 e. The number of hydrogen-bond donors (Lipinski definition) is 1. The van der Waals surface area contributed by atoms with Gasteiger partial charge in [-0.3, -0.25) is 4.79 Å². The SMILES string of the molecule is Cc1cc(N2CCN(C(=O)c3ccc[nH]3)CC2)n2nc(C)c(C)c2n1. The van der Waals surface area contributed by atoms with Gasteiger partial charge in [-0.15, -0.1) is 0 Å². The van der Waals surface area contributed by atoms with Gasteiger partial charge in [0, 0.05) is 49.7 Å². The lowest BCUT2D eigenvalue weighted by molar-refractivity contribution is 0.0741. The van der Waals surface area contributed by atoms with Gasteiger partial charge in [-0.25, -0.2) is 4.98 Å². The van der Waals surface area contributed by atoms with E-state index in [1.165, 1.54) is 0 Å². The first-order valence-electron chi connectivity index (χ1n) is 8.56. The fraction of sp³-hybridized carbons (Fsp3) is 0.389. The second-order valence-corrected chi connectivity index (χ2v) is 6.56. The molecule has 1 amide bonds. The molecule has 0 spiro atoms. The van der Waals surface area contributed by atoms with Gasteiger partial charge in [-0.1, -0.05) is 0 Å². The van der Waals surface area contributed by atoms with E-state index in [4.69, 9.17) is 0 Å². The van der Waals surface area contributed by atoms with E-state index in [2.05, 4.69) is 33.0 Å². The summed E-state index contributed by atoms with van der Waals surface area (Å²) in [6, 6.07) is 5.74. The molecule has 25 heavy (non-hydrogen) atoms. The maximum atomic E-state index is 12.5. The number of anilines is 1. The Bertz CT molecular complexity index is 919. The molecule has 1 N–H and O–H groups in total. The number of nitrogens with zero attached hydrogens (tertiary/aromatic N) is 5. The van der Waals surface area contributed by atoms with Crippen LogP contribution in [0.2, 0.25) is 0 Å². The number of aryl methyl sites for hydroxylation is 3. The molecule has 1 fully saturated rings. The highest BCUT2D eigenvalue weighted by Gasteiger charge is 2.24. The maximum Gasteiger partial charge on any atom is 0.270 e. The van der Waals surface area contributed by atoms with Crippen LogP contribution in [0, 0.1) is 20.8 Å². The Hall–Kier alpha value is -2.83. The second kappa shape index (κ2) is 5.91. The lowest BCUT2D eigenvalue weighted by Gasteiger charge is -2.35. The van der Waals surface area contributed by atoms with Crippen LogP contribution in [-0.2, 0) is 0 Å². The third-order valence-corrected chi connectivity index (χ3v) is 4.89. The zero-order valence-electron chi connectivity index (χ0n) is 14.8. The molecule has 7 nitrogen and oxygen atoms in total. The van der Waals surface area contributed by atoms with Gasteiger partial charge in [0.15, 0.2) is 5.65 Å². The second-order valence-electron chi connectivity index (χ2n) is 6.56. The summed E-state index contributed by atoms with van der Waals surface area (Å²) >= 11 is 0. The highest BCUT2D eigenvalue weighted by atomic mass is 16.2. The van der Waals surface area contributed by atoms with Crippen molar-refractivity contribution in [3.05, 3.63) is 47.0 Å². The largest absolute Gasteiger partial charge is 0.357 e. The number of rotatable bonds is 2. The van der Waals surface area contributed by atoms with Crippen LogP contribution in [0.4, 0.5) is 5.82 Å². The van der Waals surface area contributed by atoms with Crippen molar-refractivity contribution in [3.63, 3.8) is 0 Å². The van der Waals surface area contributed by atoms with Crippen molar-refractivity contribution in [2.45, 2.75) is 20.8 Å². The molecule has 0 saturated carbocycles. The predicted molar refractivity (Wildman–Crippen MR) is 96.1 cm³/mol. The third kappa shape index (κ3) is 2.65. The molecule has 7 heteroatoms. The van der Waals surface area contributed by atoms with Crippen LogP contribution < -0.4 is 4.90 Å². The summed E-state index contributed by atoms with van der Waals surface area (Å²) in [4.78, 5) is 24.3. The summed E-state index contributed by atoms with van der Waals surface area (Å²) in [5, 5.41) is 4.65. The number of carbonyl (C=O) groups is 1. The molecule has 0 atom stereocenters. The van der Waals surface area contributed by atoms with Crippen LogP contribution in [0.15, 0.2) is 24.4 Å². The number of carbonyl (C=O) groups excluding carboxylic acids is 1. The van der Waals surface area contributed by atoms with Crippen molar-refractivity contribution in [1.29, 1.82) is 0 Å². The van der Waals surface area contributed by atoms with Crippen molar-refractivity contribution in [2.24, 2.45) is 0 Å². The first kappa shape index (κ1) is 15.7. The van der Waals surface area contributed by atoms with Crippen molar-refractivity contribution >= 4 is 17.4 Å². The minimum atomic E-state index is 0.0616. The van der Waals surface area contributed by atoms with Crippen LogP contribution >= 0.6 is 0 Å². The van der Waals surface area contributed by atoms with E-state index in [-0.39, 0.29) is 5.91 Å². The van der Waals surface area contributed by atoms with Gasteiger partial charge in [0.1, 0.15) is 11.5 Å². The lowest BCUT2D eigenvalue weighted by atomic mass is 10.2. The summed E-state index contributed by atoms with van der Waals surface area (Å²) < 4.78 is 1.93. The number of amides is 1.